The number of aromatic nitrogens is 2. The molecule has 0 aliphatic heterocycles. The van der Waals surface area contributed by atoms with Crippen LogP contribution in [0.2, 0.25) is 0 Å². The zero-order chi connectivity index (χ0) is 13.1. The van der Waals surface area contributed by atoms with E-state index in [1.54, 1.807) is 4.90 Å². The third-order valence-electron chi connectivity index (χ3n) is 3.18. The van der Waals surface area contributed by atoms with Crippen LogP contribution in [0.4, 0.5) is 5.69 Å². The lowest BCUT2D eigenvalue weighted by molar-refractivity contribution is 0.0763. The van der Waals surface area contributed by atoms with Gasteiger partial charge in [0.1, 0.15) is 0 Å². The number of carbonyl (C=O) groups is 1. The van der Waals surface area contributed by atoms with Crippen LogP contribution in [0.3, 0.4) is 0 Å². The van der Waals surface area contributed by atoms with Crippen LogP contribution in [-0.4, -0.2) is 34.1 Å². The molecule has 0 saturated heterocycles. The maximum absolute atomic E-state index is 12.2. The van der Waals surface area contributed by atoms with Crippen LogP contribution < -0.4 is 5.73 Å². The highest BCUT2D eigenvalue weighted by Gasteiger charge is 2.31. The summed E-state index contributed by atoms with van der Waals surface area (Å²) < 4.78 is 0. The van der Waals surface area contributed by atoms with Crippen LogP contribution in [0.5, 0.6) is 0 Å². The van der Waals surface area contributed by atoms with Gasteiger partial charge in [0, 0.05) is 19.0 Å². The van der Waals surface area contributed by atoms with Crippen molar-refractivity contribution in [1.82, 2.24) is 15.1 Å². The van der Waals surface area contributed by atoms with Crippen molar-refractivity contribution < 1.29 is 4.79 Å². The second-order valence-electron chi connectivity index (χ2n) is 4.47. The molecule has 6 heteroatoms. The zero-order valence-electron chi connectivity index (χ0n) is 10.4. The molecule has 96 valence electrons. The van der Waals surface area contributed by atoms with E-state index in [1.807, 2.05) is 13.0 Å². The number of anilines is 1. The molecule has 0 bridgehead atoms. The highest BCUT2D eigenvalue weighted by Crippen LogP contribution is 2.42. The molecule has 18 heavy (non-hydrogen) atoms. The zero-order valence-corrected chi connectivity index (χ0v) is 10.4. The van der Waals surface area contributed by atoms with Gasteiger partial charge in [-0.05, 0) is 19.8 Å². The predicted molar refractivity (Wildman–Crippen MR) is 66.8 cm³/mol. The second-order valence-corrected chi connectivity index (χ2v) is 4.47. The molecule has 0 atom stereocenters. The average Bonchev–Trinajstić information content (AvgIpc) is 3.13. The number of nitrogen functional groups attached to an aromatic ring is 1. The van der Waals surface area contributed by atoms with E-state index in [4.69, 9.17) is 11.0 Å². The largest absolute Gasteiger partial charge is 0.395 e. The van der Waals surface area contributed by atoms with Gasteiger partial charge in [-0.3, -0.25) is 9.89 Å². The molecule has 0 spiro atoms. The number of nitriles is 1. The summed E-state index contributed by atoms with van der Waals surface area (Å²) in [6, 6.07) is 2.03. The highest BCUT2D eigenvalue weighted by atomic mass is 16.2. The molecule has 0 radical (unpaired) electrons. The quantitative estimate of drug-likeness (QED) is 0.817. The number of H-pyrrole nitrogens is 1. The molecule has 1 amide bonds. The average molecular weight is 247 g/mol. The van der Waals surface area contributed by atoms with Crippen molar-refractivity contribution in [3.05, 3.63) is 11.4 Å². The van der Waals surface area contributed by atoms with Gasteiger partial charge in [-0.15, -0.1) is 0 Å². The van der Waals surface area contributed by atoms with Crippen molar-refractivity contribution >= 4 is 11.6 Å². The first-order valence-electron chi connectivity index (χ1n) is 6.19. The predicted octanol–water partition coefficient (Wildman–Crippen LogP) is 1.25. The Morgan fingerprint density at radius 1 is 1.67 bits per heavy atom. The van der Waals surface area contributed by atoms with Gasteiger partial charge in [-0.25, -0.2) is 0 Å². The molecule has 1 fully saturated rings. The summed E-state index contributed by atoms with van der Waals surface area (Å²) in [6.07, 6.45) is 2.53. The van der Waals surface area contributed by atoms with E-state index in [-0.39, 0.29) is 11.6 Å². The maximum Gasteiger partial charge on any atom is 0.276 e. The monoisotopic (exact) mass is 247 g/mol. The molecule has 1 heterocycles. The number of nitrogens with zero attached hydrogens (tertiary/aromatic N) is 3. The Bertz CT molecular complexity index is 483. The van der Waals surface area contributed by atoms with Gasteiger partial charge in [0.25, 0.3) is 5.91 Å². The molecule has 6 nitrogen and oxygen atoms in total. The van der Waals surface area contributed by atoms with Gasteiger partial charge in [0.15, 0.2) is 5.69 Å². The Labute approximate surface area is 106 Å². The van der Waals surface area contributed by atoms with Crippen molar-refractivity contribution in [3.8, 4) is 6.07 Å². The van der Waals surface area contributed by atoms with E-state index in [0.717, 1.165) is 18.5 Å². The third-order valence-corrected chi connectivity index (χ3v) is 3.18. The Morgan fingerprint density at radius 2 is 2.39 bits per heavy atom. The van der Waals surface area contributed by atoms with Gasteiger partial charge in [0.2, 0.25) is 0 Å². The lowest BCUT2D eigenvalue weighted by Gasteiger charge is -2.18. The highest BCUT2D eigenvalue weighted by molar-refractivity contribution is 5.97. The molecule has 1 aromatic rings. The molecule has 1 aliphatic rings. The molecule has 0 aromatic carbocycles. The summed E-state index contributed by atoms with van der Waals surface area (Å²) >= 11 is 0. The minimum absolute atomic E-state index is 0.201. The lowest BCUT2D eigenvalue weighted by Crippen LogP contribution is -2.32. The minimum atomic E-state index is -0.201. The summed E-state index contributed by atoms with van der Waals surface area (Å²) in [4.78, 5) is 13.8. The normalized spacial score (nSPS) is 14.2. The van der Waals surface area contributed by atoms with Gasteiger partial charge in [0.05, 0.1) is 23.9 Å². The van der Waals surface area contributed by atoms with Gasteiger partial charge >= 0.3 is 0 Å². The van der Waals surface area contributed by atoms with Crippen molar-refractivity contribution in [1.29, 1.82) is 5.26 Å². The standard InChI is InChI=1S/C12H17N5O/c1-2-17(7-3-6-13)12(18)11-9(14)10(15-16-11)8-4-5-8/h8H,2-5,7,14H2,1H3,(H,15,16). The fourth-order valence-electron chi connectivity index (χ4n) is 1.95. The Hall–Kier alpha value is -2.03. The minimum Gasteiger partial charge on any atom is -0.395 e. The van der Waals surface area contributed by atoms with Crippen molar-refractivity contribution in [3.63, 3.8) is 0 Å². The van der Waals surface area contributed by atoms with Gasteiger partial charge < -0.3 is 10.6 Å². The second kappa shape index (κ2) is 5.08. The topological polar surface area (TPSA) is 98.8 Å². The van der Waals surface area contributed by atoms with Gasteiger partial charge in [-0.1, -0.05) is 0 Å². The number of nitrogens with two attached hydrogens (primary N) is 1. The third kappa shape index (κ3) is 2.30. The molecule has 3 N–H and O–H groups in total. The fraction of sp³-hybridized carbons (Fsp3) is 0.583. The summed E-state index contributed by atoms with van der Waals surface area (Å²) in [5.41, 5.74) is 7.60. The molecule has 1 saturated carbocycles. The number of hydrogen-bond donors (Lipinski definition) is 2. The number of aromatic amines is 1. The smallest absolute Gasteiger partial charge is 0.276 e. The summed E-state index contributed by atoms with van der Waals surface area (Å²) in [7, 11) is 0. The molecule has 0 unspecified atom stereocenters. The Kier molecular flexibility index (Phi) is 3.51. The van der Waals surface area contributed by atoms with Crippen LogP contribution in [0.15, 0.2) is 0 Å². The fourth-order valence-corrected chi connectivity index (χ4v) is 1.95. The van der Waals surface area contributed by atoms with E-state index in [0.29, 0.717) is 31.1 Å². The molecule has 1 aromatic heterocycles. The summed E-state index contributed by atoms with van der Waals surface area (Å²) in [6.45, 7) is 2.84. The van der Waals surface area contributed by atoms with Crippen LogP contribution in [0.1, 0.15) is 48.3 Å². The number of carbonyl (C=O) groups excluding carboxylic acids is 1. The maximum atomic E-state index is 12.2. The molecular weight excluding hydrogens is 230 g/mol. The van der Waals surface area contributed by atoms with Crippen LogP contribution in [0.25, 0.3) is 0 Å². The number of rotatable bonds is 5. The number of nitrogens with one attached hydrogen (secondary N) is 1. The van der Waals surface area contributed by atoms with Crippen LogP contribution in [-0.2, 0) is 0 Å². The van der Waals surface area contributed by atoms with Crippen molar-refractivity contribution in [2.45, 2.75) is 32.1 Å². The van der Waals surface area contributed by atoms with Crippen LogP contribution in [0, 0.1) is 11.3 Å². The summed E-state index contributed by atoms with van der Waals surface area (Å²) in [5, 5.41) is 15.5. The van der Waals surface area contributed by atoms with Gasteiger partial charge in [-0.2, -0.15) is 10.4 Å². The molecule has 1 aliphatic carbocycles. The molecular formula is C12H17N5O. The van der Waals surface area contributed by atoms with E-state index in [1.165, 1.54) is 0 Å². The number of hydrogen-bond acceptors (Lipinski definition) is 4. The van der Waals surface area contributed by atoms with E-state index >= 15 is 0 Å². The van der Waals surface area contributed by atoms with Crippen molar-refractivity contribution in [2.24, 2.45) is 0 Å². The number of amides is 1. The van der Waals surface area contributed by atoms with E-state index < -0.39 is 0 Å². The van der Waals surface area contributed by atoms with Crippen LogP contribution >= 0.6 is 0 Å². The Balaban J connectivity index is 2.14. The summed E-state index contributed by atoms with van der Waals surface area (Å²) in [5.74, 6) is 0.238. The Morgan fingerprint density at radius 3 is 2.94 bits per heavy atom. The SMILES string of the molecule is CCN(CCC#N)C(=O)c1n[nH]c(C2CC2)c1N. The molecule has 2 rings (SSSR count). The van der Waals surface area contributed by atoms with Crippen molar-refractivity contribution in [2.75, 3.05) is 18.8 Å². The first-order chi connectivity index (χ1) is 8.69. The van der Waals surface area contributed by atoms with E-state index in [9.17, 15) is 4.79 Å². The lowest BCUT2D eigenvalue weighted by atomic mass is 10.2. The van der Waals surface area contributed by atoms with E-state index in [2.05, 4.69) is 10.2 Å². The first-order valence-corrected chi connectivity index (χ1v) is 6.19. The first kappa shape index (κ1) is 12.4.